The van der Waals surface area contributed by atoms with Crippen LogP contribution < -0.4 is 10.6 Å². The van der Waals surface area contributed by atoms with Gasteiger partial charge in [-0.2, -0.15) is 0 Å². The number of carbonyl (C=O) groups is 1. The normalized spacial score (nSPS) is 23.9. The number of amides is 1. The van der Waals surface area contributed by atoms with Crippen LogP contribution in [0.4, 0.5) is 0 Å². The summed E-state index contributed by atoms with van der Waals surface area (Å²) in [5, 5.41) is 6.45. The van der Waals surface area contributed by atoms with Crippen molar-refractivity contribution >= 4 is 5.91 Å². The summed E-state index contributed by atoms with van der Waals surface area (Å²) in [5.41, 5.74) is 1.86. The molecule has 4 heteroatoms. The molecule has 0 aromatic carbocycles. The molecule has 0 radical (unpaired) electrons. The van der Waals surface area contributed by atoms with E-state index in [0.717, 1.165) is 37.1 Å². The predicted octanol–water partition coefficient (Wildman–Crippen LogP) is 1.59. The lowest BCUT2D eigenvalue weighted by Gasteiger charge is -2.28. The van der Waals surface area contributed by atoms with Crippen molar-refractivity contribution in [2.45, 2.75) is 44.7 Å². The van der Waals surface area contributed by atoms with Crippen molar-refractivity contribution in [2.24, 2.45) is 7.05 Å². The first-order valence-corrected chi connectivity index (χ1v) is 6.72. The largest absolute Gasteiger partial charge is 0.348 e. The fourth-order valence-corrected chi connectivity index (χ4v) is 2.63. The van der Waals surface area contributed by atoms with Crippen molar-refractivity contribution in [3.63, 3.8) is 0 Å². The molecule has 1 fully saturated rings. The lowest BCUT2D eigenvalue weighted by Crippen LogP contribution is -2.41. The lowest BCUT2D eigenvalue weighted by atomic mass is 9.91. The number of carbonyl (C=O) groups excluding carboxylic acids is 1. The summed E-state index contributed by atoms with van der Waals surface area (Å²) >= 11 is 0. The second-order valence-electron chi connectivity index (χ2n) is 5.23. The smallest absolute Gasteiger partial charge is 0.268 e. The minimum atomic E-state index is 0.0542. The zero-order chi connectivity index (χ0) is 13.1. The van der Waals surface area contributed by atoms with Crippen LogP contribution in [-0.2, 0) is 7.05 Å². The molecule has 0 bridgehead atoms. The summed E-state index contributed by atoms with van der Waals surface area (Å²) in [7, 11) is 3.94. The van der Waals surface area contributed by atoms with Gasteiger partial charge in [0.25, 0.3) is 5.91 Å². The average Bonchev–Trinajstić information content (AvgIpc) is 2.71. The molecular formula is C14H23N3O. The zero-order valence-electron chi connectivity index (χ0n) is 11.5. The number of nitrogens with one attached hydrogen (secondary N) is 2. The standard InChI is InChI=1S/C14H23N3O/c1-10-4-9-13(17(10)3)14(18)16-12-7-5-11(15-2)6-8-12/h4,9,11-12,15H,5-8H2,1-3H3,(H,16,18). The molecule has 0 aliphatic heterocycles. The minimum absolute atomic E-state index is 0.0542. The lowest BCUT2D eigenvalue weighted by molar-refractivity contribution is 0.0916. The van der Waals surface area contributed by atoms with Gasteiger partial charge in [-0.3, -0.25) is 4.79 Å². The number of nitrogens with zero attached hydrogens (tertiary/aromatic N) is 1. The first-order chi connectivity index (χ1) is 8.61. The summed E-state index contributed by atoms with van der Waals surface area (Å²) < 4.78 is 1.94. The molecule has 0 saturated heterocycles. The van der Waals surface area contributed by atoms with E-state index in [1.54, 1.807) is 0 Å². The molecule has 1 heterocycles. The first-order valence-electron chi connectivity index (χ1n) is 6.72. The highest BCUT2D eigenvalue weighted by Crippen LogP contribution is 2.18. The summed E-state index contributed by atoms with van der Waals surface area (Å²) in [6.07, 6.45) is 4.43. The van der Waals surface area contributed by atoms with Gasteiger partial charge in [-0.25, -0.2) is 0 Å². The van der Waals surface area contributed by atoms with Gasteiger partial charge in [0.05, 0.1) is 0 Å². The molecule has 1 aliphatic carbocycles. The van der Waals surface area contributed by atoms with E-state index < -0.39 is 0 Å². The van der Waals surface area contributed by atoms with Crippen molar-refractivity contribution in [3.8, 4) is 0 Å². The third-order valence-electron chi connectivity index (χ3n) is 4.08. The minimum Gasteiger partial charge on any atom is -0.348 e. The summed E-state index contributed by atoms with van der Waals surface area (Å²) in [6.45, 7) is 2.01. The van der Waals surface area contributed by atoms with Gasteiger partial charge in [-0.1, -0.05) is 0 Å². The van der Waals surface area contributed by atoms with E-state index >= 15 is 0 Å². The molecule has 18 heavy (non-hydrogen) atoms. The average molecular weight is 249 g/mol. The Balaban J connectivity index is 1.91. The fourth-order valence-electron chi connectivity index (χ4n) is 2.63. The maximum absolute atomic E-state index is 12.2. The Morgan fingerprint density at radius 2 is 1.83 bits per heavy atom. The van der Waals surface area contributed by atoms with Gasteiger partial charge in [0.15, 0.2) is 0 Å². The van der Waals surface area contributed by atoms with Crippen LogP contribution in [-0.4, -0.2) is 29.6 Å². The van der Waals surface area contributed by atoms with E-state index in [0.29, 0.717) is 12.1 Å². The molecule has 2 rings (SSSR count). The second-order valence-corrected chi connectivity index (χ2v) is 5.23. The van der Waals surface area contributed by atoms with E-state index in [4.69, 9.17) is 0 Å². The van der Waals surface area contributed by atoms with Crippen molar-refractivity contribution in [3.05, 3.63) is 23.5 Å². The van der Waals surface area contributed by atoms with Crippen LogP contribution >= 0.6 is 0 Å². The molecule has 100 valence electrons. The highest BCUT2D eigenvalue weighted by Gasteiger charge is 2.22. The van der Waals surface area contributed by atoms with Crippen LogP contribution in [0.3, 0.4) is 0 Å². The summed E-state index contributed by atoms with van der Waals surface area (Å²) in [5.74, 6) is 0.0542. The van der Waals surface area contributed by atoms with Crippen LogP contribution in [0.2, 0.25) is 0 Å². The highest BCUT2D eigenvalue weighted by molar-refractivity contribution is 5.93. The quantitative estimate of drug-likeness (QED) is 0.854. The van der Waals surface area contributed by atoms with Gasteiger partial charge in [0.1, 0.15) is 5.69 Å². The molecule has 2 N–H and O–H groups in total. The maximum atomic E-state index is 12.2. The fraction of sp³-hybridized carbons (Fsp3) is 0.643. The van der Waals surface area contributed by atoms with Crippen LogP contribution in [0.25, 0.3) is 0 Å². The van der Waals surface area contributed by atoms with Crippen LogP contribution in [0.5, 0.6) is 0 Å². The molecule has 4 nitrogen and oxygen atoms in total. The molecule has 1 aromatic heterocycles. The van der Waals surface area contributed by atoms with Gasteiger partial charge < -0.3 is 15.2 Å². The number of aromatic nitrogens is 1. The molecule has 1 aromatic rings. The highest BCUT2D eigenvalue weighted by atomic mass is 16.2. The maximum Gasteiger partial charge on any atom is 0.268 e. The van der Waals surface area contributed by atoms with Gasteiger partial charge in [0.2, 0.25) is 0 Å². The first kappa shape index (κ1) is 13.1. The van der Waals surface area contributed by atoms with Gasteiger partial charge in [-0.15, -0.1) is 0 Å². The third-order valence-corrected chi connectivity index (χ3v) is 4.08. The van der Waals surface area contributed by atoms with Crippen LogP contribution in [0, 0.1) is 6.92 Å². The summed E-state index contributed by atoms with van der Waals surface area (Å²) in [6, 6.07) is 4.82. The van der Waals surface area contributed by atoms with Crippen molar-refractivity contribution in [1.82, 2.24) is 15.2 Å². The number of aryl methyl sites for hydroxylation is 1. The Hall–Kier alpha value is -1.29. The second kappa shape index (κ2) is 5.57. The molecule has 1 amide bonds. The third kappa shape index (κ3) is 2.75. The predicted molar refractivity (Wildman–Crippen MR) is 72.7 cm³/mol. The van der Waals surface area contributed by atoms with E-state index in [2.05, 4.69) is 10.6 Å². The zero-order valence-corrected chi connectivity index (χ0v) is 11.5. The Morgan fingerprint density at radius 1 is 1.22 bits per heavy atom. The molecule has 0 unspecified atom stereocenters. The molecular weight excluding hydrogens is 226 g/mol. The van der Waals surface area contributed by atoms with E-state index in [1.165, 1.54) is 0 Å². The Kier molecular flexibility index (Phi) is 4.07. The van der Waals surface area contributed by atoms with Crippen LogP contribution in [0.1, 0.15) is 41.9 Å². The van der Waals surface area contributed by atoms with E-state index in [-0.39, 0.29) is 5.91 Å². The number of hydrogen-bond acceptors (Lipinski definition) is 2. The molecule has 1 saturated carbocycles. The molecule has 0 atom stereocenters. The Morgan fingerprint density at radius 3 is 2.33 bits per heavy atom. The summed E-state index contributed by atoms with van der Waals surface area (Å²) in [4.78, 5) is 12.2. The van der Waals surface area contributed by atoms with Crippen molar-refractivity contribution in [1.29, 1.82) is 0 Å². The van der Waals surface area contributed by atoms with Gasteiger partial charge in [-0.05, 0) is 51.8 Å². The topological polar surface area (TPSA) is 46.1 Å². The number of rotatable bonds is 3. The van der Waals surface area contributed by atoms with Crippen molar-refractivity contribution in [2.75, 3.05) is 7.05 Å². The molecule has 0 spiro atoms. The van der Waals surface area contributed by atoms with E-state index in [9.17, 15) is 4.79 Å². The van der Waals surface area contributed by atoms with E-state index in [1.807, 2.05) is 37.7 Å². The Labute approximate surface area is 109 Å². The van der Waals surface area contributed by atoms with Crippen LogP contribution in [0.15, 0.2) is 12.1 Å². The monoisotopic (exact) mass is 249 g/mol. The van der Waals surface area contributed by atoms with Gasteiger partial charge >= 0.3 is 0 Å². The number of hydrogen-bond donors (Lipinski definition) is 2. The van der Waals surface area contributed by atoms with Crippen molar-refractivity contribution < 1.29 is 4.79 Å². The van der Waals surface area contributed by atoms with Gasteiger partial charge in [0, 0.05) is 24.8 Å². The Bertz CT molecular complexity index is 417. The SMILES string of the molecule is CNC1CCC(NC(=O)c2ccc(C)n2C)CC1. The molecule has 1 aliphatic rings.